The molecule has 0 saturated heterocycles. The smallest absolute Gasteiger partial charge is 0.313 e. The quantitative estimate of drug-likeness (QED) is 0.251. The monoisotopic (exact) mass is 243 g/mol. The van der Waals surface area contributed by atoms with E-state index in [9.17, 15) is 4.79 Å². The molecule has 0 saturated carbocycles. The van der Waals surface area contributed by atoms with Crippen molar-refractivity contribution in [2.45, 2.75) is 11.8 Å². The van der Waals surface area contributed by atoms with E-state index in [1.54, 1.807) is 6.92 Å². The number of allylic oxidation sites excluding steroid dienone is 1. The molecule has 0 aliphatic carbocycles. The molecule has 0 aliphatic heterocycles. The Hall–Kier alpha value is -0.250. The third kappa shape index (κ3) is 5.91. The Balaban J connectivity index is 4.14. The fourth-order valence-corrected chi connectivity index (χ4v) is 0.988. The van der Waals surface area contributed by atoms with E-state index >= 15 is 0 Å². The first kappa shape index (κ1) is 12.8. The van der Waals surface area contributed by atoms with Gasteiger partial charge in [-0.05, 0) is 6.92 Å². The molecule has 3 nitrogen and oxygen atoms in total. The van der Waals surface area contributed by atoms with Gasteiger partial charge in [0.05, 0.1) is 5.88 Å². The zero-order valence-corrected chi connectivity index (χ0v) is 9.10. The first-order valence-electron chi connectivity index (χ1n) is 3.36. The molecule has 74 valence electrons. The van der Waals surface area contributed by atoms with Crippen molar-refractivity contribution < 1.29 is 9.63 Å². The summed E-state index contributed by atoms with van der Waals surface area (Å²) < 4.78 is 0. The van der Waals surface area contributed by atoms with E-state index in [-0.39, 0.29) is 11.6 Å². The van der Waals surface area contributed by atoms with Gasteiger partial charge in [-0.25, -0.2) is 4.79 Å². The Morgan fingerprint density at radius 3 is 2.62 bits per heavy atom. The molecule has 0 N–H and O–H groups in total. The molecule has 0 aromatic rings. The van der Waals surface area contributed by atoms with Crippen LogP contribution in [0.25, 0.3) is 0 Å². The highest BCUT2D eigenvalue weighted by atomic mass is 35.5. The fourth-order valence-electron chi connectivity index (χ4n) is 0.393. The van der Waals surface area contributed by atoms with Crippen LogP contribution in [0.15, 0.2) is 17.3 Å². The molecule has 6 heteroatoms. The number of hydrogen-bond acceptors (Lipinski definition) is 3. The standard InChI is InChI=1S/C7H8Cl3NO2/c1-2-3-6(12)13-11-5(4-8)7(9)10/h2-3,7H,4H2,1H3/b3-2+,11-5+. The lowest BCUT2D eigenvalue weighted by atomic mass is 10.5. The van der Waals surface area contributed by atoms with Crippen LogP contribution in [0.1, 0.15) is 6.92 Å². The summed E-state index contributed by atoms with van der Waals surface area (Å²) in [6.45, 7) is 1.68. The lowest BCUT2D eigenvalue weighted by molar-refractivity contribution is -0.137. The number of oxime groups is 1. The topological polar surface area (TPSA) is 38.7 Å². The van der Waals surface area contributed by atoms with Crippen molar-refractivity contribution in [2.75, 3.05) is 5.88 Å². The number of rotatable bonds is 4. The second-order valence-electron chi connectivity index (χ2n) is 1.93. The number of carbonyl (C=O) groups excluding carboxylic acids is 1. The van der Waals surface area contributed by atoms with Crippen molar-refractivity contribution in [3.05, 3.63) is 12.2 Å². The van der Waals surface area contributed by atoms with Crippen molar-refractivity contribution in [3.63, 3.8) is 0 Å². The van der Waals surface area contributed by atoms with Crippen molar-refractivity contribution in [1.29, 1.82) is 0 Å². The molecule has 0 fully saturated rings. The molecule has 13 heavy (non-hydrogen) atoms. The van der Waals surface area contributed by atoms with Crippen molar-refractivity contribution in [2.24, 2.45) is 5.16 Å². The number of halogens is 3. The van der Waals surface area contributed by atoms with Gasteiger partial charge < -0.3 is 4.84 Å². The van der Waals surface area contributed by atoms with Crippen LogP contribution in [0.4, 0.5) is 0 Å². The predicted molar refractivity (Wildman–Crippen MR) is 54.6 cm³/mol. The number of carbonyl (C=O) groups is 1. The van der Waals surface area contributed by atoms with Crippen molar-refractivity contribution in [1.82, 2.24) is 0 Å². The van der Waals surface area contributed by atoms with Gasteiger partial charge in [0.25, 0.3) is 0 Å². The third-order valence-electron chi connectivity index (χ3n) is 0.944. The molecule has 0 radical (unpaired) electrons. The highest BCUT2D eigenvalue weighted by Crippen LogP contribution is 2.06. The zero-order valence-electron chi connectivity index (χ0n) is 6.84. The molecule has 0 unspecified atom stereocenters. The summed E-state index contributed by atoms with van der Waals surface area (Å²) >= 11 is 16.3. The number of nitrogens with zero attached hydrogens (tertiary/aromatic N) is 1. The Kier molecular flexibility index (Phi) is 7.04. The molecule has 0 aromatic carbocycles. The average Bonchev–Trinajstić information content (AvgIpc) is 2.05. The molecule has 0 heterocycles. The first-order valence-corrected chi connectivity index (χ1v) is 4.77. The molecule has 0 rings (SSSR count). The van der Waals surface area contributed by atoms with E-state index in [2.05, 4.69) is 9.99 Å². The van der Waals surface area contributed by atoms with Crippen LogP contribution in [0.3, 0.4) is 0 Å². The number of hydrogen-bond donors (Lipinski definition) is 0. The zero-order chi connectivity index (χ0) is 10.3. The summed E-state index contributed by atoms with van der Waals surface area (Å²) in [7, 11) is 0. The minimum absolute atomic E-state index is 0.0147. The maximum absolute atomic E-state index is 10.7. The van der Waals surface area contributed by atoms with Gasteiger partial charge in [0.2, 0.25) is 0 Å². The Labute approximate surface area is 91.3 Å². The lowest BCUT2D eigenvalue weighted by Crippen LogP contribution is -2.11. The Morgan fingerprint density at radius 2 is 2.23 bits per heavy atom. The third-order valence-corrected chi connectivity index (χ3v) is 1.72. The average molecular weight is 245 g/mol. The van der Waals surface area contributed by atoms with Gasteiger partial charge in [0.1, 0.15) is 10.5 Å². The summed E-state index contributed by atoms with van der Waals surface area (Å²) in [6, 6.07) is 0. The van der Waals surface area contributed by atoms with Gasteiger partial charge >= 0.3 is 5.97 Å². The molecule has 0 bridgehead atoms. The lowest BCUT2D eigenvalue weighted by Gasteiger charge is -2.00. The summed E-state index contributed by atoms with van der Waals surface area (Å²) in [5.41, 5.74) is 0.197. The summed E-state index contributed by atoms with van der Waals surface area (Å²) in [6.07, 6.45) is 2.74. The van der Waals surface area contributed by atoms with E-state index in [0.717, 1.165) is 0 Å². The van der Waals surface area contributed by atoms with E-state index < -0.39 is 10.8 Å². The second kappa shape index (κ2) is 7.18. The van der Waals surface area contributed by atoms with Crippen LogP contribution in [0.5, 0.6) is 0 Å². The Bertz CT molecular complexity index is 226. The van der Waals surface area contributed by atoms with Crippen LogP contribution in [-0.4, -0.2) is 22.4 Å². The molecule has 0 atom stereocenters. The summed E-state index contributed by atoms with van der Waals surface area (Å²) in [5, 5.41) is 3.38. The van der Waals surface area contributed by atoms with Crippen molar-refractivity contribution in [3.8, 4) is 0 Å². The Morgan fingerprint density at radius 1 is 1.62 bits per heavy atom. The SMILES string of the molecule is C/C=C/C(=O)O/N=C(\CCl)C(Cl)Cl. The van der Waals surface area contributed by atoms with E-state index in [1.807, 2.05) is 0 Å². The maximum atomic E-state index is 10.7. The van der Waals surface area contributed by atoms with Gasteiger partial charge in [-0.2, -0.15) is 0 Å². The van der Waals surface area contributed by atoms with Crippen LogP contribution < -0.4 is 0 Å². The summed E-state index contributed by atoms with van der Waals surface area (Å²) in [4.78, 5) is 14.3. The van der Waals surface area contributed by atoms with E-state index in [1.165, 1.54) is 12.2 Å². The fraction of sp³-hybridized carbons (Fsp3) is 0.429. The number of alkyl halides is 3. The van der Waals surface area contributed by atoms with Gasteiger partial charge in [0, 0.05) is 6.08 Å². The molecule has 0 spiro atoms. The largest absolute Gasteiger partial charge is 0.358 e. The normalized spacial score (nSPS) is 12.5. The minimum atomic E-state index is -0.865. The van der Waals surface area contributed by atoms with Gasteiger partial charge in [-0.3, -0.25) is 0 Å². The van der Waals surface area contributed by atoms with Crippen LogP contribution >= 0.6 is 34.8 Å². The molecule has 0 amide bonds. The minimum Gasteiger partial charge on any atom is -0.313 e. The molecular formula is C7H8Cl3NO2. The predicted octanol–water partition coefficient (Wildman–Crippen LogP) is 2.50. The van der Waals surface area contributed by atoms with Crippen LogP contribution in [0, 0.1) is 0 Å². The highest BCUT2D eigenvalue weighted by Gasteiger charge is 2.09. The molecule has 0 aromatic heterocycles. The second-order valence-corrected chi connectivity index (χ2v) is 3.29. The van der Waals surface area contributed by atoms with Gasteiger partial charge in [-0.15, -0.1) is 11.6 Å². The first-order chi connectivity index (χ1) is 6.11. The van der Waals surface area contributed by atoms with Crippen LogP contribution in [-0.2, 0) is 9.63 Å². The summed E-state index contributed by atoms with van der Waals surface area (Å²) in [5.74, 6) is -0.583. The van der Waals surface area contributed by atoms with E-state index in [0.29, 0.717) is 0 Å². The van der Waals surface area contributed by atoms with E-state index in [4.69, 9.17) is 34.8 Å². The molecule has 0 aliphatic rings. The van der Waals surface area contributed by atoms with Crippen molar-refractivity contribution >= 4 is 46.5 Å². The maximum Gasteiger partial charge on any atom is 0.358 e. The van der Waals surface area contributed by atoms with Crippen LogP contribution in [0.2, 0.25) is 0 Å². The van der Waals surface area contributed by atoms with Gasteiger partial charge in [-0.1, -0.05) is 34.4 Å². The molecular weight excluding hydrogens is 236 g/mol. The van der Waals surface area contributed by atoms with Gasteiger partial charge in [0.15, 0.2) is 0 Å². The highest BCUT2D eigenvalue weighted by molar-refractivity contribution is 6.56.